The predicted octanol–water partition coefficient (Wildman–Crippen LogP) is 1.91. The normalized spacial score (nSPS) is 22.5. The van der Waals surface area contributed by atoms with Gasteiger partial charge in [0.1, 0.15) is 5.75 Å². The van der Waals surface area contributed by atoms with Crippen LogP contribution in [0.5, 0.6) is 5.75 Å². The first-order chi connectivity index (χ1) is 13.6. The van der Waals surface area contributed by atoms with Gasteiger partial charge in [-0.3, -0.25) is 9.59 Å². The van der Waals surface area contributed by atoms with E-state index in [4.69, 9.17) is 14.2 Å². The van der Waals surface area contributed by atoms with E-state index >= 15 is 0 Å². The Morgan fingerprint density at radius 2 is 1.71 bits per heavy atom. The SMILES string of the molecule is COc1cccc(C(=O)N2CCC(C(=O)N3CCC4(CC3)OCCO4)CC2)c1. The number of amides is 2. The fourth-order valence-corrected chi connectivity index (χ4v) is 4.38. The summed E-state index contributed by atoms with van der Waals surface area (Å²) in [7, 11) is 1.59. The van der Waals surface area contributed by atoms with Gasteiger partial charge in [-0.05, 0) is 31.0 Å². The van der Waals surface area contributed by atoms with Crippen LogP contribution in [-0.2, 0) is 14.3 Å². The van der Waals surface area contributed by atoms with Crippen molar-refractivity contribution < 1.29 is 23.8 Å². The second kappa shape index (κ2) is 8.09. The number of methoxy groups -OCH3 is 1. The van der Waals surface area contributed by atoms with Gasteiger partial charge < -0.3 is 24.0 Å². The van der Waals surface area contributed by atoms with Crippen LogP contribution in [0.15, 0.2) is 24.3 Å². The van der Waals surface area contributed by atoms with Gasteiger partial charge >= 0.3 is 0 Å². The average molecular weight is 388 g/mol. The van der Waals surface area contributed by atoms with E-state index in [1.54, 1.807) is 19.2 Å². The van der Waals surface area contributed by atoms with Crippen LogP contribution in [0.3, 0.4) is 0 Å². The Bertz CT molecular complexity index is 713. The van der Waals surface area contributed by atoms with Gasteiger partial charge in [-0.15, -0.1) is 0 Å². The van der Waals surface area contributed by atoms with Crippen LogP contribution in [0.1, 0.15) is 36.0 Å². The highest BCUT2D eigenvalue weighted by molar-refractivity contribution is 5.94. The summed E-state index contributed by atoms with van der Waals surface area (Å²) in [5.41, 5.74) is 0.627. The number of rotatable bonds is 3. The van der Waals surface area contributed by atoms with E-state index < -0.39 is 5.79 Å². The summed E-state index contributed by atoms with van der Waals surface area (Å²) in [6.07, 6.45) is 2.91. The molecule has 0 bridgehead atoms. The molecule has 3 aliphatic rings. The minimum atomic E-state index is -0.455. The predicted molar refractivity (Wildman–Crippen MR) is 102 cm³/mol. The zero-order valence-electron chi connectivity index (χ0n) is 16.4. The van der Waals surface area contributed by atoms with Gasteiger partial charge in [0.05, 0.1) is 20.3 Å². The maximum atomic E-state index is 12.9. The van der Waals surface area contributed by atoms with Crippen molar-refractivity contribution in [1.82, 2.24) is 9.80 Å². The molecule has 1 spiro atoms. The third kappa shape index (κ3) is 3.86. The summed E-state index contributed by atoms with van der Waals surface area (Å²) in [6.45, 7) is 3.87. The number of piperidine rings is 2. The van der Waals surface area contributed by atoms with Crippen LogP contribution < -0.4 is 4.74 Å². The van der Waals surface area contributed by atoms with Gasteiger partial charge in [0, 0.05) is 50.5 Å². The van der Waals surface area contributed by atoms with Gasteiger partial charge in [-0.1, -0.05) is 6.07 Å². The molecule has 0 N–H and O–H groups in total. The molecule has 1 aromatic carbocycles. The van der Waals surface area contributed by atoms with Gasteiger partial charge in [0.25, 0.3) is 5.91 Å². The third-order valence-corrected chi connectivity index (χ3v) is 6.10. The molecule has 3 fully saturated rings. The summed E-state index contributed by atoms with van der Waals surface area (Å²) in [6, 6.07) is 7.21. The van der Waals surface area contributed by atoms with E-state index in [0.29, 0.717) is 63.5 Å². The lowest BCUT2D eigenvalue weighted by Gasteiger charge is -2.40. The lowest BCUT2D eigenvalue weighted by molar-refractivity contribution is -0.188. The first kappa shape index (κ1) is 19.2. The molecule has 28 heavy (non-hydrogen) atoms. The van der Waals surface area contributed by atoms with Crippen molar-refractivity contribution in [3.05, 3.63) is 29.8 Å². The van der Waals surface area contributed by atoms with Crippen LogP contribution in [0.4, 0.5) is 0 Å². The minimum Gasteiger partial charge on any atom is -0.497 e. The number of ether oxygens (including phenoxy) is 3. The van der Waals surface area contributed by atoms with Crippen molar-refractivity contribution in [2.45, 2.75) is 31.5 Å². The second-order valence-electron chi connectivity index (χ2n) is 7.73. The molecule has 7 heteroatoms. The Hall–Kier alpha value is -2.12. The fourth-order valence-electron chi connectivity index (χ4n) is 4.38. The molecule has 0 atom stereocenters. The number of carbonyl (C=O) groups is 2. The maximum absolute atomic E-state index is 12.9. The minimum absolute atomic E-state index is 0.000226. The number of carbonyl (C=O) groups excluding carboxylic acids is 2. The molecule has 0 aromatic heterocycles. The molecule has 0 aliphatic carbocycles. The molecular weight excluding hydrogens is 360 g/mol. The third-order valence-electron chi connectivity index (χ3n) is 6.10. The van der Waals surface area contributed by atoms with E-state index in [9.17, 15) is 9.59 Å². The number of nitrogens with zero attached hydrogens (tertiary/aromatic N) is 2. The second-order valence-corrected chi connectivity index (χ2v) is 7.73. The van der Waals surface area contributed by atoms with Gasteiger partial charge in [0.15, 0.2) is 5.79 Å². The van der Waals surface area contributed by atoms with E-state index in [-0.39, 0.29) is 17.7 Å². The average Bonchev–Trinajstić information content (AvgIpc) is 3.21. The molecule has 152 valence electrons. The van der Waals surface area contributed by atoms with Crippen LogP contribution in [-0.4, -0.2) is 73.9 Å². The molecular formula is C21H28N2O5. The highest BCUT2D eigenvalue weighted by Gasteiger charge is 2.42. The number of benzene rings is 1. The Labute approximate surface area is 165 Å². The summed E-state index contributed by atoms with van der Waals surface area (Å²) >= 11 is 0. The Morgan fingerprint density at radius 3 is 2.36 bits per heavy atom. The van der Waals surface area contributed by atoms with Crippen LogP contribution in [0, 0.1) is 5.92 Å². The Balaban J connectivity index is 1.29. The van der Waals surface area contributed by atoms with Gasteiger partial charge in [0.2, 0.25) is 5.91 Å². The quantitative estimate of drug-likeness (QED) is 0.791. The van der Waals surface area contributed by atoms with Crippen molar-refractivity contribution in [1.29, 1.82) is 0 Å². The summed E-state index contributed by atoms with van der Waals surface area (Å²) in [5, 5.41) is 0. The van der Waals surface area contributed by atoms with E-state index in [2.05, 4.69) is 0 Å². The zero-order chi connectivity index (χ0) is 19.6. The molecule has 3 aliphatic heterocycles. The standard InChI is InChI=1S/C21H28N2O5/c1-26-18-4-2-3-17(15-18)20(25)22-9-5-16(6-10-22)19(24)23-11-7-21(8-12-23)27-13-14-28-21/h2-4,15-16H,5-14H2,1H3. The van der Waals surface area contributed by atoms with Crippen molar-refractivity contribution in [2.75, 3.05) is 46.5 Å². The van der Waals surface area contributed by atoms with Crippen molar-refractivity contribution in [2.24, 2.45) is 5.92 Å². The zero-order valence-corrected chi connectivity index (χ0v) is 16.4. The fraction of sp³-hybridized carbons (Fsp3) is 0.619. The Kier molecular flexibility index (Phi) is 5.55. The Morgan fingerprint density at radius 1 is 1.04 bits per heavy atom. The maximum Gasteiger partial charge on any atom is 0.253 e. The van der Waals surface area contributed by atoms with Crippen LogP contribution in [0.25, 0.3) is 0 Å². The topological polar surface area (TPSA) is 68.3 Å². The number of hydrogen-bond acceptors (Lipinski definition) is 5. The summed E-state index contributed by atoms with van der Waals surface area (Å²) in [4.78, 5) is 29.4. The number of likely N-dealkylation sites (tertiary alicyclic amines) is 2. The van der Waals surface area contributed by atoms with Crippen molar-refractivity contribution >= 4 is 11.8 Å². The first-order valence-corrected chi connectivity index (χ1v) is 10.1. The molecule has 1 aromatic rings. The molecule has 2 amide bonds. The smallest absolute Gasteiger partial charge is 0.253 e. The number of hydrogen-bond donors (Lipinski definition) is 0. The van der Waals surface area contributed by atoms with Crippen LogP contribution >= 0.6 is 0 Å². The molecule has 0 unspecified atom stereocenters. The molecule has 0 saturated carbocycles. The van der Waals surface area contributed by atoms with Gasteiger partial charge in [-0.25, -0.2) is 0 Å². The highest BCUT2D eigenvalue weighted by atomic mass is 16.7. The first-order valence-electron chi connectivity index (χ1n) is 10.1. The lowest BCUT2D eigenvalue weighted by atomic mass is 9.93. The molecule has 3 saturated heterocycles. The summed E-state index contributed by atoms with van der Waals surface area (Å²) < 4.78 is 16.7. The van der Waals surface area contributed by atoms with Crippen LogP contribution in [0.2, 0.25) is 0 Å². The van der Waals surface area contributed by atoms with E-state index in [0.717, 1.165) is 12.8 Å². The molecule has 0 radical (unpaired) electrons. The largest absolute Gasteiger partial charge is 0.497 e. The molecule has 7 nitrogen and oxygen atoms in total. The van der Waals surface area contributed by atoms with Crippen molar-refractivity contribution in [3.63, 3.8) is 0 Å². The molecule has 3 heterocycles. The molecule has 4 rings (SSSR count). The lowest BCUT2D eigenvalue weighted by Crippen LogP contribution is -2.50. The van der Waals surface area contributed by atoms with Crippen molar-refractivity contribution in [3.8, 4) is 5.75 Å². The van der Waals surface area contributed by atoms with E-state index in [1.807, 2.05) is 21.9 Å². The van der Waals surface area contributed by atoms with E-state index in [1.165, 1.54) is 0 Å². The summed E-state index contributed by atoms with van der Waals surface area (Å²) in [5.74, 6) is 0.424. The monoisotopic (exact) mass is 388 g/mol. The van der Waals surface area contributed by atoms with Gasteiger partial charge in [-0.2, -0.15) is 0 Å². The highest BCUT2D eigenvalue weighted by Crippen LogP contribution is 2.32.